The molecule has 0 radical (unpaired) electrons. The Labute approximate surface area is 119 Å². The van der Waals surface area contributed by atoms with Crippen LogP contribution in [-0.4, -0.2) is 17.1 Å². The second kappa shape index (κ2) is 4.67. The van der Waals surface area contributed by atoms with Gasteiger partial charge in [0, 0.05) is 16.5 Å². The highest BCUT2D eigenvalue weighted by Gasteiger charge is 2.23. The number of hydrogen-bond donors (Lipinski definition) is 0. The Hall–Kier alpha value is -0.870. The van der Waals surface area contributed by atoms with Crippen molar-refractivity contribution in [1.29, 1.82) is 0 Å². The molecule has 5 heteroatoms. The van der Waals surface area contributed by atoms with E-state index in [2.05, 4.69) is 25.9 Å². The summed E-state index contributed by atoms with van der Waals surface area (Å²) < 4.78 is 6.11. The maximum absolute atomic E-state index is 6.27. The van der Waals surface area contributed by atoms with Crippen LogP contribution in [0.15, 0.2) is 16.6 Å². The molecule has 3 rings (SSSR count). The van der Waals surface area contributed by atoms with Crippen LogP contribution in [0, 0.1) is 0 Å². The highest BCUT2D eigenvalue weighted by atomic mass is 79.9. The van der Waals surface area contributed by atoms with Crippen LogP contribution < -0.4 is 4.74 Å². The smallest absolute Gasteiger partial charge is 0.141 e. The second-order valence-electron chi connectivity index (χ2n) is 4.50. The van der Waals surface area contributed by atoms with E-state index < -0.39 is 0 Å². The van der Waals surface area contributed by atoms with Crippen LogP contribution in [0.1, 0.15) is 31.0 Å². The minimum atomic E-state index is 0.469. The van der Waals surface area contributed by atoms with Gasteiger partial charge in [0.15, 0.2) is 0 Å². The van der Waals surface area contributed by atoms with E-state index >= 15 is 0 Å². The molecule has 0 unspecified atom stereocenters. The first-order valence-electron chi connectivity index (χ1n) is 5.89. The van der Waals surface area contributed by atoms with Crippen LogP contribution in [0.25, 0.3) is 10.9 Å². The Morgan fingerprint density at radius 2 is 2.11 bits per heavy atom. The van der Waals surface area contributed by atoms with E-state index in [0.29, 0.717) is 11.1 Å². The van der Waals surface area contributed by atoms with Gasteiger partial charge in [-0.1, -0.05) is 18.0 Å². The second-order valence-corrected chi connectivity index (χ2v) is 5.72. The molecule has 1 fully saturated rings. The average molecular weight is 328 g/mol. The highest BCUT2D eigenvalue weighted by molar-refractivity contribution is 9.10. The van der Waals surface area contributed by atoms with E-state index in [-0.39, 0.29) is 0 Å². The zero-order valence-corrected chi connectivity index (χ0v) is 12.3. The molecule has 2 aromatic rings. The third-order valence-corrected chi connectivity index (χ3v) is 4.30. The molecule has 0 spiro atoms. The lowest BCUT2D eigenvalue weighted by molar-refractivity contribution is 0.402. The molecule has 0 bridgehead atoms. The molecule has 1 saturated carbocycles. The largest absolute Gasteiger partial charge is 0.497 e. The minimum Gasteiger partial charge on any atom is -0.497 e. The van der Waals surface area contributed by atoms with E-state index in [4.69, 9.17) is 16.3 Å². The first-order valence-corrected chi connectivity index (χ1v) is 7.07. The summed E-state index contributed by atoms with van der Waals surface area (Å²) in [6, 6.07) is 3.77. The van der Waals surface area contributed by atoms with Gasteiger partial charge < -0.3 is 4.74 Å². The fourth-order valence-electron chi connectivity index (χ4n) is 2.13. The molecule has 3 nitrogen and oxygen atoms in total. The van der Waals surface area contributed by atoms with Crippen molar-refractivity contribution in [3.8, 4) is 5.75 Å². The zero-order valence-electron chi connectivity index (χ0n) is 9.91. The summed E-state index contributed by atoms with van der Waals surface area (Å²) in [5, 5.41) is 1.36. The first-order chi connectivity index (χ1) is 8.69. The number of benzene rings is 1. The number of fused-ring (bicyclic) bond motifs is 1. The monoisotopic (exact) mass is 326 g/mol. The summed E-state index contributed by atoms with van der Waals surface area (Å²) in [7, 11) is 1.64. The van der Waals surface area contributed by atoms with E-state index in [1.54, 1.807) is 7.11 Å². The Balaban J connectivity index is 2.21. The van der Waals surface area contributed by atoms with Gasteiger partial charge in [0.2, 0.25) is 0 Å². The lowest BCUT2D eigenvalue weighted by Crippen LogP contribution is -2.12. The molecule has 94 valence electrons. The van der Waals surface area contributed by atoms with Gasteiger partial charge >= 0.3 is 0 Å². The quantitative estimate of drug-likeness (QED) is 0.770. The Kier molecular flexibility index (Phi) is 3.16. The van der Waals surface area contributed by atoms with E-state index in [1.165, 1.54) is 6.42 Å². The van der Waals surface area contributed by atoms with Crippen molar-refractivity contribution < 1.29 is 4.74 Å². The van der Waals surface area contributed by atoms with E-state index in [1.807, 2.05) is 12.1 Å². The number of methoxy groups -OCH3 is 1. The number of hydrogen-bond acceptors (Lipinski definition) is 3. The molecule has 0 N–H and O–H groups in total. The molecular weight excluding hydrogens is 316 g/mol. The fraction of sp³-hybridized carbons (Fsp3) is 0.385. The van der Waals surface area contributed by atoms with E-state index in [9.17, 15) is 0 Å². The number of rotatable bonds is 2. The van der Waals surface area contributed by atoms with Crippen LogP contribution in [-0.2, 0) is 0 Å². The first kappa shape index (κ1) is 12.2. The maximum Gasteiger partial charge on any atom is 0.141 e. The zero-order chi connectivity index (χ0) is 12.7. The molecule has 1 aromatic heterocycles. The summed E-state index contributed by atoms with van der Waals surface area (Å²) in [5.41, 5.74) is 0.836. The number of aromatic nitrogens is 2. The third-order valence-electron chi connectivity index (χ3n) is 3.40. The molecule has 0 saturated heterocycles. The summed E-state index contributed by atoms with van der Waals surface area (Å²) >= 11 is 9.75. The molecule has 0 amide bonds. The van der Waals surface area contributed by atoms with Gasteiger partial charge in [0.1, 0.15) is 16.7 Å². The lowest BCUT2D eigenvalue weighted by atomic mass is 9.85. The summed E-state index contributed by atoms with van der Waals surface area (Å²) in [6.07, 6.45) is 3.57. The van der Waals surface area contributed by atoms with Crippen molar-refractivity contribution in [3.05, 3.63) is 27.6 Å². The van der Waals surface area contributed by atoms with Crippen molar-refractivity contribution in [3.63, 3.8) is 0 Å². The molecule has 1 aromatic carbocycles. The van der Waals surface area contributed by atoms with Crippen molar-refractivity contribution in [2.45, 2.75) is 25.2 Å². The molecule has 1 aliphatic rings. The lowest BCUT2D eigenvalue weighted by Gasteiger charge is -2.24. The van der Waals surface area contributed by atoms with Crippen LogP contribution in [0.3, 0.4) is 0 Å². The molecule has 18 heavy (non-hydrogen) atoms. The highest BCUT2D eigenvalue weighted by Crippen LogP contribution is 2.38. The van der Waals surface area contributed by atoms with Crippen molar-refractivity contribution in [2.75, 3.05) is 7.11 Å². The molecule has 1 heterocycles. The van der Waals surface area contributed by atoms with Gasteiger partial charge in [0.05, 0.1) is 18.0 Å². The van der Waals surface area contributed by atoms with Gasteiger partial charge in [-0.15, -0.1) is 0 Å². The summed E-state index contributed by atoms with van der Waals surface area (Å²) in [5.74, 6) is 2.10. The van der Waals surface area contributed by atoms with Crippen molar-refractivity contribution in [2.24, 2.45) is 0 Å². The Morgan fingerprint density at radius 1 is 1.33 bits per heavy atom. The summed E-state index contributed by atoms with van der Waals surface area (Å²) in [4.78, 5) is 9.05. The average Bonchev–Trinajstić information content (AvgIpc) is 2.25. The van der Waals surface area contributed by atoms with Crippen LogP contribution in [0.5, 0.6) is 5.75 Å². The number of ether oxygens (including phenoxy) is 1. The van der Waals surface area contributed by atoms with Gasteiger partial charge in [-0.2, -0.15) is 0 Å². The SMILES string of the molecule is COc1cc(Br)c2c(Cl)nc(C3CCC3)nc2c1. The number of halogens is 2. The normalized spacial score (nSPS) is 15.7. The molecule has 0 aliphatic heterocycles. The maximum atomic E-state index is 6.27. The van der Waals surface area contributed by atoms with Crippen LogP contribution in [0.4, 0.5) is 0 Å². The van der Waals surface area contributed by atoms with Gasteiger partial charge in [-0.05, 0) is 34.8 Å². The standard InChI is InChI=1S/C13H12BrClN2O/c1-18-8-5-9(14)11-10(6-8)16-13(17-12(11)15)7-3-2-4-7/h5-7H,2-4H2,1H3. The van der Waals surface area contributed by atoms with Crippen molar-refractivity contribution in [1.82, 2.24) is 9.97 Å². The minimum absolute atomic E-state index is 0.469. The van der Waals surface area contributed by atoms with Gasteiger partial charge in [-0.25, -0.2) is 9.97 Å². The van der Waals surface area contributed by atoms with Crippen LogP contribution >= 0.6 is 27.5 Å². The Bertz CT molecular complexity index is 613. The fourth-order valence-corrected chi connectivity index (χ4v) is 3.15. The predicted molar refractivity (Wildman–Crippen MR) is 75.4 cm³/mol. The van der Waals surface area contributed by atoms with Crippen LogP contribution in [0.2, 0.25) is 5.15 Å². The van der Waals surface area contributed by atoms with Gasteiger partial charge in [-0.3, -0.25) is 0 Å². The predicted octanol–water partition coefficient (Wildman–Crippen LogP) is 4.32. The van der Waals surface area contributed by atoms with E-state index in [0.717, 1.165) is 39.8 Å². The Morgan fingerprint density at radius 3 is 2.72 bits per heavy atom. The summed E-state index contributed by atoms with van der Waals surface area (Å²) in [6.45, 7) is 0. The third kappa shape index (κ3) is 1.97. The molecular formula is C13H12BrClN2O. The number of nitrogens with zero attached hydrogens (tertiary/aromatic N) is 2. The molecule has 0 atom stereocenters. The van der Waals surface area contributed by atoms with Gasteiger partial charge in [0.25, 0.3) is 0 Å². The molecule has 1 aliphatic carbocycles. The van der Waals surface area contributed by atoms with Crippen molar-refractivity contribution >= 4 is 38.4 Å². The topological polar surface area (TPSA) is 35.0 Å².